The van der Waals surface area contributed by atoms with Crippen LogP contribution in [0.1, 0.15) is 53.1 Å². The van der Waals surface area contributed by atoms with E-state index in [1.165, 1.54) is 16.7 Å². The summed E-state index contributed by atoms with van der Waals surface area (Å²) in [5, 5.41) is 0. The van der Waals surface area contributed by atoms with Crippen LogP contribution < -0.4 is 0 Å². The van der Waals surface area contributed by atoms with Crippen LogP contribution >= 0.6 is 0 Å². The first-order valence-electron chi connectivity index (χ1n) is 10.1. The predicted molar refractivity (Wildman–Crippen MR) is 111 cm³/mol. The maximum Gasteiger partial charge on any atom is 0.422 e. The second kappa shape index (κ2) is 8.19. The predicted octanol–water partition coefficient (Wildman–Crippen LogP) is 7.30. The third-order valence-corrected chi connectivity index (χ3v) is 5.44. The van der Waals surface area contributed by atoms with Crippen molar-refractivity contribution in [3.63, 3.8) is 0 Å². The van der Waals surface area contributed by atoms with Gasteiger partial charge in [0.25, 0.3) is 0 Å². The van der Waals surface area contributed by atoms with Crippen LogP contribution in [0.4, 0.5) is 22.0 Å². The zero-order chi connectivity index (χ0) is 22.2. The lowest BCUT2D eigenvalue weighted by molar-refractivity contribution is -0.142. The maximum atomic E-state index is 13.7. The lowest BCUT2D eigenvalue weighted by Crippen LogP contribution is -2.11. The molecule has 0 atom stereocenters. The Morgan fingerprint density at radius 3 is 2.06 bits per heavy atom. The van der Waals surface area contributed by atoms with Gasteiger partial charge in [0.1, 0.15) is 17.2 Å². The van der Waals surface area contributed by atoms with Crippen molar-refractivity contribution >= 4 is 0 Å². The van der Waals surface area contributed by atoms with Crippen molar-refractivity contribution in [3.05, 3.63) is 93.5 Å². The molecule has 0 saturated carbocycles. The minimum Gasteiger partial charge on any atom is -0.206 e. The minimum absolute atomic E-state index is 0.146. The second-order valence-corrected chi connectivity index (χ2v) is 7.71. The van der Waals surface area contributed by atoms with E-state index < -0.39 is 23.4 Å². The number of aryl methyl sites for hydroxylation is 1. The summed E-state index contributed by atoms with van der Waals surface area (Å²) in [6.45, 7) is 2.17. The molecule has 158 valence electrons. The zero-order valence-corrected chi connectivity index (χ0v) is 16.8. The van der Waals surface area contributed by atoms with Gasteiger partial charge < -0.3 is 0 Å². The molecule has 31 heavy (non-hydrogen) atoms. The van der Waals surface area contributed by atoms with Crippen molar-refractivity contribution in [2.45, 2.75) is 38.8 Å². The van der Waals surface area contributed by atoms with Crippen LogP contribution in [0.2, 0.25) is 0 Å². The number of hydrogen-bond donors (Lipinski definition) is 0. The van der Waals surface area contributed by atoms with E-state index in [2.05, 4.69) is 37.0 Å². The largest absolute Gasteiger partial charge is 0.422 e. The van der Waals surface area contributed by atoms with Gasteiger partial charge >= 0.3 is 6.18 Å². The Labute approximate surface area is 177 Å². The van der Waals surface area contributed by atoms with E-state index in [0.717, 1.165) is 36.8 Å². The highest BCUT2D eigenvalue weighted by Gasteiger charge is 2.37. The number of alkyl halides is 3. The van der Waals surface area contributed by atoms with Crippen LogP contribution in [0.3, 0.4) is 0 Å². The highest BCUT2D eigenvalue weighted by molar-refractivity contribution is 5.77. The Hall–Kier alpha value is -3.13. The van der Waals surface area contributed by atoms with Gasteiger partial charge in [-0.05, 0) is 71.3 Å². The van der Waals surface area contributed by atoms with Crippen molar-refractivity contribution in [1.29, 1.82) is 0 Å². The molecule has 4 rings (SSSR count). The summed E-state index contributed by atoms with van der Waals surface area (Å²) in [5.41, 5.74) is 4.62. The smallest absolute Gasteiger partial charge is 0.206 e. The van der Waals surface area contributed by atoms with Gasteiger partial charge in [-0.15, -0.1) is 0 Å². The Bertz CT molecular complexity index is 1190. The van der Waals surface area contributed by atoms with Crippen LogP contribution in [0.25, 0.3) is 11.1 Å². The molecule has 0 N–H and O–H groups in total. The van der Waals surface area contributed by atoms with Gasteiger partial charge in [0.15, 0.2) is 0 Å². The monoisotopic (exact) mass is 426 g/mol. The topological polar surface area (TPSA) is 0 Å². The second-order valence-electron chi connectivity index (χ2n) is 7.71. The molecule has 1 aliphatic rings. The molecule has 0 saturated heterocycles. The van der Waals surface area contributed by atoms with Crippen molar-refractivity contribution in [2.75, 3.05) is 0 Å². The quantitative estimate of drug-likeness (QED) is 0.238. The molecule has 3 aromatic rings. The van der Waals surface area contributed by atoms with Gasteiger partial charge in [0.05, 0.1) is 0 Å². The van der Waals surface area contributed by atoms with E-state index in [4.69, 9.17) is 0 Å². The molecule has 0 fully saturated rings. The van der Waals surface area contributed by atoms with E-state index in [-0.39, 0.29) is 5.56 Å². The van der Waals surface area contributed by atoms with Crippen LogP contribution in [0, 0.1) is 23.5 Å². The lowest BCUT2D eigenvalue weighted by atomic mass is 10.0. The number of unbranched alkanes of at least 4 members (excludes halogenated alkanes) is 1. The van der Waals surface area contributed by atoms with E-state index >= 15 is 0 Å². The third kappa shape index (κ3) is 4.34. The van der Waals surface area contributed by atoms with Gasteiger partial charge in [-0.25, -0.2) is 8.78 Å². The molecule has 0 heterocycles. The van der Waals surface area contributed by atoms with E-state index in [0.29, 0.717) is 17.7 Å². The molecule has 0 aromatic heterocycles. The fourth-order valence-electron chi connectivity index (χ4n) is 3.94. The average Bonchev–Trinajstić information content (AvgIpc) is 3.06. The van der Waals surface area contributed by atoms with Gasteiger partial charge in [0.2, 0.25) is 0 Å². The Morgan fingerprint density at radius 2 is 1.42 bits per heavy atom. The Kier molecular flexibility index (Phi) is 5.58. The van der Waals surface area contributed by atoms with E-state index in [9.17, 15) is 22.0 Å². The summed E-state index contributed by atoms with van der Waals surface area (Å²) in [6.07, 6.45) is -0.963. The van der Waals surface area contributed by atoms with Crippen molar-refractivity contribution in [3.8, 4) is 23.0 Å². The number of halogens is 5. The Morgan fingerprint density at radius 1 is 0.806 bits per heavy atom. The number of benzene rings is 3. The molecular weight excluding hydrogens is 407 g/mol. The van der Waals surface area contributed by atoms with Gasteiger partial charge in [-0.2, -0.15) is 13.2 Å². The third-order valence-electron chi connectivity index (χ3n) is 5.44. The first-order chi connectivity index (χ1) is 14.8. The van der Waals surface area contributed by atoms with Crippen LogP contribution in [0.15, 0.2) is 48.5 Å². The summed E-state index contributed by atoms with van der Waals surface area (Å²) in [7, 11) is 0. The molecule has 5 heteroatoms. The van der Waals surface area contributed by atoms with Gasteiger partial charge in [-0.3, -0.25) is 0 Å². The number of hydrogen-bond acceptors (Lipinski definition) is 0. The van der Waals surface area contributed by atoms with Crippen LogP contribution in [-0.2, 0) is 19.0 Å². The average molecular weight is 426 g/mol. The molecule has 0 bridgehead atoms. The lowest BCUT2D eigenvalue weighted by Gasteiger charge is -2.09. The van der Waals surface area contributed by atoms with Crippen LogP contribution in [0.5, 0.6) is 0 Å². The highest BCUT2D eigenvalue weighted by Crippen LogP contribution is 2.38. The standard InChI is InChI=1S/C26H19F5/c1-2-3-4-16-7-9-21-19(11-16)15-20-12-17(8-10-22(20)21)5-6-18-13-23(27)25(24(28)14-18)26(29,30)31/h7-14H,2-4,15H2,1H3. The number of fused-ring (bicyclic) bond motifs is 3. The summed E-state index contributed by atoms with van der Waals surface area (Å²) in [6, 6.07) is 13.5. The molecule has 3 aromatic carbocycles. The fraction of sp³-hybridized carbons (Fsp3) is 0.231. The van der Waals surface area contributed by atoms with Crippen molar-refractivity contribution in [1.82, 2.24) is 0 Å². The summed E-state index contributed by atoms with van der Waals surface area (Å²) >= 11 is 0. The summed E-state index contributed by atoms with van der Waals surface area (Å²) in [4.78, 5) is 0. The minimum atomic E-state index is -5.09. The normalized spacial score (nSPS) is 12.2. The molecule has 0 aliphatic heterocycles. The first kappa shape index (κ1) is 21.1. The highest BCUT2D eigenvalue weighted by atomic mass is 19.4. The molecule has 0 spiro atoms. The SMILES string of the molecule is CCCCc1ccc2c(c1)Cc1cc(C#Cc3cc(F)c(C(F)(F)F)c(F)c3)ccc1-2. The van der Waals surface area contributed by atoms with Gasteiger partial charge in [0, 0.05) is 11.1 Å². The van der Waals surface area contributed by atoms with Crippen molar-refractivity contribution < 1.29 is 22.0 Å². The zero-order valence-electron chi connectivity index (χ0n) is 16.8. The molecule has 0 radical (unpaired) electrons. The summed E-state index contributed by atoms with van der Waals surface area (Å²) in [5.74, 6) is 2.04. The van der Waals surface area contributed by atoms with Crippen LogP contribution in [-0.4, -0.2) is 0 Å². The molecule has 0 amide bonds. The van der Waals surface area contributed by atoms with Gasteiger partial charge in [-0.1, -0.05) is 49.5 Å². The maximum absolute atomic E-state index is 13.7. The fourth-order valence-corrected chi connectivity index (χ4v) is 3.94. The Balaban J connectivity index is 1.59. The molecular formula is C26H19F5. The van der Waals surface area contributed by atoms with E-state index in [1.807, 2.05) is 18.2 Å². The van der Waals surface area contributed by atoms with Crippen molar-refractivity contribution in [2.24, 2.45) is 0 Å². The molecule has 0 nitrogen and oxygen atoms in total. The molecule has 0 unspecified atom stereocenters. The first-order valence-corrected chi connectivity index (χ1v) is 10.1. The summed E-state index contributed by atoms with van der Waals surface area (Å²) < 4.78 is 65.6. The molecule has 1 aliphatic carbocycles. The van der Waals surface area contributed by atoms with E-state index in [1.54, 1.807) is 0 Å². The number of rotatable bonds is 3.